The van der Waals surface area contributed by atoms with Gasteiger partial charge in [-0.05, 0) is 20.4 Å². The molecule has 0 spiro atoms. The molecule has 0 radical (unpaired) electrons. The number of likely N-dealkylation sites (N-methyl/N-ethyl adjacent to an activating group) is 1. The van der Waals surface area contributed by atoms with Gasteiger partial charge in [0.25, 0.3) is 5.91 Å². The number of hydrogen-bond donors (Lipinski definition) is 2. The minimum Gasteiger partial charge on any atom is -0.298 e. The Morgan fingerprint density at radius 3 is 2.73 bits per heavy atom. The van der Waals surface area contributed by atoms with Crippen molar-refractivity contribution < 1.29 is 4.79 Å². The Labute approximate surface area is 91.6 Å². The van der Waals surface area contributed by atoms with Crippen LogP contribution in [0.15, 0.2) is 0 Å². The average molecular weight is 214 g/mol. The summed E-state index contributed by atoms with van der Waals surface area (Å²) in [5.41, 5.74) is 2.21. The highest BCUT2D eigenvalue weighted by Gasteiger charge is 2.28. The molecule has 0 saturated carbocycles. The normalized spacial score (nSPS) is 26.3. The maximum Gasteiger partial charge on any atom is 0.250 e. The second-order valence-corrected chi connectivity index (χ2v) is 4.16. The van der Waals surface area contributed by atoms with Crippen LogP contribution < -0.4 is 11.3 Å². The molecular weight excluding hydrogens is 192 g/mol. The van der Waals surface area contributed by atoms with Crippen LogP contribution in [-0.2, 0) is 4.79 Å². The summed E-state index contributed by atoms with van der Waals surface area (Å²) in [7, 11) is 0. The standard InChI is InChI=1S/C10H22N4O/c1-4-13-5-6-14(7-8(13)2)9(3)10(15)12-11/h8-9H,4-7,11H2,1-3H3,(H,12,15). The van der Waals surface area contributed by atoms with Crippen molar-refractivity contribution in [1.29, 1.82) is 0 Å². The van der Waals surface area contributed by atoms with E-state index in [0.717, 1.165) is 26.2 Å². The highest BCUT2D eigenvalue weighted by Crippen LogP contribution is 2.11. The smallest absolute Gasteiger partial charge is 0.250 e. The summed E-state index contributed by atoms with van der Waals surface area (Å²) < 4.78 is 0. The number of rotatable bonds is 3. The predicted molar refractivity (Wildman–Crippen MR) is 60.1 cm³/mol. The Morgan fingerprint density at radius 1 is 1.60 bits per heavy atom. The molecule has 1 aliphatic rings. The molecule has 2 unspecified atom stereocenters. The van der Waals surface area contributed by atoms with E-state index in [1.165, 1.54) is 0 Å². The molecule has 1 amide bonds. The Morgan fingerprint density at radius 2 is 2.27 bits per heavy atom. The van der Waals surface area contributed by atoms with E-state index in [1.54, 1.807) is 0 Å². The van der Waals surface area contributed by atoms with Crippen LogP contribution in [0.25, 0.3) is 0 Å². The number of nitrogens with two attached hydrogens (primary N) is 1. The topological polar surface area (TPSA) is 61.6 Å². The quantitative estimate of drug-likeness (QED) is 0.374. The molecule has 3 N–H and O–H groups in total. The molecular formula is C10H22N4O. The molecule has 1 saturated heterocycles. The largest absolute Gasteiger partial charge is 0.298 e. The van der Waals surface area contributed by atoms with Gasteiger partial charge in [-0.1, -0.05) is 6.92 Å². The lowest BCUT2D eigenvalue weighted by Gasteiger charge is -2.41. The summed E-state index contributed by atoms with van der Waals surface area (Å²) in [6, 6.07) is 0.383. The number of amides is 1. The van der Waals surface area contributed by atoms with E-state index >= 15 is 0 Å². The second kappa shape index (κ2) is 5.44. The van der Waals surface area contributed by atoms with Crippen molar-refractivity contribution in [3.8, 4) is 0 Å². The molecule has 1 aliphatic heterocycles. The molecule has 0 bridgehead atoms. The fraction of sp³-hybridized carbons (Fsp3) is 0.900. The van der Waals surface area contributed by atoms with E-state index < -0.39 is 0 Å². The fourth-order valence-corrected chi connectivity index (χ4v) is 2.13. The molecule has 15 heavy (non-hydrogen) atoms. The van der Waals surface area contributed by atoms with Crippen LogP contribution in [0.5, 0.6) is 0 Å². The minimum atomic E-state index is -0.128. The number of nitrogens with one attached hydrogen (secondary N) is 1. The molecule has 0 aromatic carbocycles. The molecule has 5 heteroatoms. The van der Waals surface area contributed by atoms with Gasteiger partial charge in [-0.3, -0.25) is 20.0 Å². The zero-order chi connectivity index (χ0) is 11.4. The van der Waals surface area contributed by atoms with Gasteiger partial charge in [-0.2, -0.15) is 0 Å². The summed E-state index contributed by atoms with van der Waals surface area (Å²) in [6.45, 7) is 10.2. The molecule has 0 aromatic rings. The number of nitrogens with zero attached hydrogens (tertiary/aromatic N) is 2. The SMILES string of the molecule is CCN1CCN(C(C)C(=O)NN)CC1C. The highest BCUT2D eigenvalue weighted by atomic mass is 16.2. The first-order valence-electron chi connectivity index (χ1n) is 5.58. The first-order chi connectivity index (χ1) is 7.10. The van der Waals surface area contributed by atoms with E-state index in [2.05, 4.69) is 29.1 Å². The Balaban J connectivity index is 2.50. The number of hydrogen-bond acceptors (Lipinski definition) is 4. The maximum absolute atomic E-state index is 11.4. The first-order valence-corrected chi connectivity index (χ1v) is 5.58. The van der Waals surface area contributed by atoms with Gasteiger partial charge in [0.15, 0.2) is 0 Å². The summed E-state index contributed by atoms with van der Waals surface area (Å²) in [6.07, 6.45) is 0. The lowest BCUT2D eigenvalue weighted by molar-refractivity contribution is -0.127. The number of piperazine rings is 1. The van der Waals surface area contributed by atoms with Crippen LogP contribution in [0.1, 0.15) is 20.8 Å². The van der Waals surface area contributed by atoms with Gasteiger partial charge in [-0.15, -0.1) is 0 Å². The molecule has 0 aliphatic carbocycles. The van der Waals surface area contributed by atoms with E-state index in [9.17, 15) is 4.79 Å². The molecule has 1 heterocycles. The first kappa shape index (κ1) is 12.4. The maximum atomic E-state index is 11.4. The van der Waals surface area contributed by atoms with Crippen LogP contribution >= 0.6 is 0 Å². The van der Waals surface area contributed by atoms with E-state index in [4.69, 9.17) is 5.84 Å². The zero-order valence-corrected chi connectivity index (χ0v) is 9.86. The van der Waals surface area contributed by atoms with Crippen LogP contribution in [0.3, 0.4) is 0 Å². The lowest BCUT2D eigenvalue weighted by atomic mass is 10.1. The van der Waals surface area contributed by atoms with Crippen LogP contribution in [0.4, 0.5) is 0 Å². The lowest BCUT2D eigenvalue weighted by Crippen LogP contribution is -2.57. The van der Waals surface area contributed by atoms with Gasteiger partial charge in [-0.25, -0.2) is 5.84 Å². The van der Waals surface area contributed by atoms with Crippen LogP contribution in [0.2, 0.25) is 0 Å². The minimum absolute atomic E-state index is 0.104. The average Bonchev–Trinajstić information content (AvgIpc) is 2.26. The number of carbonyl (C=O) groups excluding carboxylic acids is 1. The van der Waals surface area contributed by atoms with Gasteiger partial charge < -0.3 is 0 Å². The van der Waals surface area contributed by atoms with Gasteiger partial charge in [0, 0.05) is 25.7 Å². The Bertz CT molecular complexity index is 221. The van der Waals surface area contributed by atoms with Crippen molar-refractivity contribution in [1.82, 2.24) is 15.2 Å². The van der Waals surface area contributed by atoms with Crippen molar-refractivity contribution in [2.24, 2.45) is 5.84 Å². The van der Waals surface area contributed by atoms with E-state index in [-0.39, 0.29) is 11.9 Å². The van der Waals surface area contributed by atoms with Crippen molar-refractivity contribution in [2.75, 3.05) is 26.2 Å². The third-order valence-corrected chi connectivity index (χ3v) is 3.27. The molecule has 2 atom stereocenters. The van der Waals surface area contributed by atoms with E-state index in [0.29, 0.717) is 6.04 Å². The van der Waals surface area contributed by atoms with Gasteiger partial charge >= 0.3 is 0 Å². The second-order valence-electron chi connectivity index (χ2n) is 4.16. The molecule has 5 nitrogen and oxygen atoms in total. The zero-order valence-electron chi connectivity index (χ0n) is 9.86. The monoisotopic (exact) mass is 214 g/mol. The third kappa shape index (κ3) is 2.90. The van der Waals surface area contributed by atoms with Crippen LogP contribution in [0, 0.1) is 0 Å². The van der Waals surface area contributed by atoms with Crippen molar-refractivity contribution in [3.63, 3.8) is 0 Å². The molecule has 1 rings (SSSR count). The van der Waals surface area contributed by atoms with E-state index in [1.807, 2.05) is 6.92 Å². The highest BCUT2D eigenvalue weighted by molar-refractivity contribution is 5.80. The van der Waals surface area contributed by atoms with Gasteiger partial charge in [0.1, 0.15) is 0 Å². The summed E-state index contributed by atoms with van der Waals surface area (Å²) in [5.74, 6) is 5.03. The third-order valence-electron chi connectivity index (χ3n) is 3.27. The summed E-state index contributed by atoms with van der Waals surface area (Å²) in [4.78, 5) is 16.0. The van der Waals surface area contributed by atoms with Gasteiger partial charge in [0.2, 0.25) is 0 Å². The molecule has 0 aromatic heterocycles. The molecule has 1 fully saturated rings. The fourth-order valence-electron chi connectivity index (χ4n) is 2.13. The Hall–Kier alpha value is -0.650. The number of hydrazine groups is 1. The summed E-state index contributed by atoms with van der Waals surface area (Å²) >= 11 is 0. The molecule has 88 valence electrons. The van der Waals surface area contributed by atoms with Crippen LogP contribution in [-0.4, -0.2) is 54.0 Å². The Kier molecular flexibility index (Phi) is 4.50. The van der Waals surface area contributed by atoms with Crippen molar-refractivity contribution >= 4 is 5.91 Å². The van der Waals surface area contributed by atoms with Gasteiger partial charge in [0.05, 0.1) is 6.04 Å². The number of carbonyl (C=O) groups is 1. The summed E-state index contributed by atoms with van der Waals surface area (Å²) in [5, 5.41) is 0. The van der Waals surface area contributed by atoms with Crippen molar-refractivity contribution in [3.05, 3.63) is 0 Å². The van der Waals surface area contributed by atoms with Crippen molar-refractivity contribution in [2.45, 2.75) is 32.9 Å². The predicted octanol–water partition coefficient (Wildman–Crippen LogP) is -0.609.